The SMILES string of the molecule is CCc1cc(CC(=O)C2(C)COCC2N)n(C)n1. The van der Waals surface area contributed by atoms with Crippen molar-refractivity contribution in [3.8, 4) is 0 Å². The van der Waals surface area contributed by atoms with Crippen molar-refractivity contribution in [2.75, 3.05) is 13.2 Å². The Hall–Kier alpha value is -1.20. The fourth-order valence-corrected chi connectivity index (χ4v) is 2.25. The van der Waals surface area contributed by atoms with Crippen molar-refractivity contribution in [3.05, 3.63) is 17.5 Å². The van der Waals surface area contributed by atoms with Gasteiger partial charge < -0.3 is 10.5 Å². The Balaban J connectivity index is 2.13. The standard InChI is InChI=1S/C13H21N3O2/c1-4-9-5-10(16(3)15-9)6-12(17)13(2)8-18-7-11(13)14/h5,11H,4,6-8,14H2,1-3H3. The molecule has 2 N–H and O–H groups in total. The number of carbonyl (C=O) groups excluding carboxylic acids is 1. The molecule has 1 aliphatic rings. The summed E-state index contributed by atoms with van der Waals surface area (Å²) in [7, 11) is 1.87. The average molecular weight is 251 g/mol. The summed E-state index contributed by atoms with van der Waals surface area (Å²) in [6.45, 7) is 4.83. The number of nitrogens with two attached hydrogens (primary N) is 1. The van der Waals surface area contributed by atoms with Crippen molar-refractivity contribution < 1.29 is 9.53 Å². The highest BCUT2D eigenvalue weighted by Crippen LogP contribution is 2.29. The molecule has 2 unspecified atom stereocenters. The Morgan fingerprint density at radius 2 is 2.44 bits per heavy atom. The van der Waals surface area contributed by atoms with E-state index >= 15 is 0 Å². The average Bonchev–Trinajstić information content (AvgIpc) is 2.85. The molecular weight excluding hydrogens is 230 g/mol. The van der Waals surface area contributed by atoms with Crippen molar-refractivity contribution in [2.45, 2.75) is 32.7 Å². The number of ether oxygens (including phenoxy) is 1. The van der Waals surface area contributed by atoms with Crippen LogP contribution < -0.4 is 5.73 Å². The third-order valence-electron chi connectivity index (χ3n) is 3.89. The summed E-state index contributed by atoms with van der Waals surface area (Å²) < 4.78 is 7.10. The van der Waals surface area contributed by atoms with Crippen LogP contribution in [-0.4, -0.2) is 34.8 Å². The molecule has 2 rings (SSSR count). The molecule has 0 amide bonds. The number of aryl methyl sites for hydroxylation is 2. The second-order valence-electron chi connectivity index (χ2n) is 5.24. The molecular formula is C13H21N3O2. The Labute approximate surface area is 107 Å². The summed E-state index contributed by atoms with van der Waals surface area (Å²) in [5.74, 6) is 0.137. The topological polar surface area (TPSA) is 70.1 Å². The van der Waals surface area contributed by atoms with E-state index < -0.39 is 5.41 Å². The lowest BCUT2D eigenvalue weighted by Gasteiger charge is -2.24. The minimum absolute atomic E-state index is 0.137. The molecule has 1 aliphatic heterocycles. The number of hydrogen-bond acceptors (Lipinski definition) is 4. The van der Waals surface area contributed by atoms with E-state index in [4.69, 9.17) is 10.5 Å². The first kappa shape index (κ1) is 13.2. The highest BCUT2D eigenvalue weighted by Gasteiger charge is 2.43. The van der Waals surface area contributed by atoms with Crippen molar-refractivity contribution in [1.82, 2.24) is 9.78 Å². The number of carbonyl (C=O) groups is 1. The van der Waals surface area contributed by atoms with Crippen LogP contribution in [0, 0.1) is 5.41 Å². The van der Waals surface area contributed by atoms with Crippen LogP contribution in [0.4, 0.5) is 0 Å². The first-order chi connectivity index (χ1) is 8.47. The van der Waals surface area contributed by atoms with E-state index in [0.717, 1.165) is 17.8 Å². The minimum Gasteiger partial charge on any atom is -0.379 e. The van der Waals surface area contributed by atoms with Gasteiger partial charge in [0.25, 0.3) is 0 Å². The lowest BCUT2D eigenvalue weighted by Crippen LogP contribution is -2.45. The summed E-state index contributed by atoms with van der Waals surface area (Å²) in [5, 5.41) is 4.35. The number of nitrogens with zero attached hydrogens (tertiary/aromatic N) is 2. The van der Waals surface area contributed by atoms with E-state index in [1.807, 2.05) is 20.0 Å². The smallest absolute Gasteiger partial charge is 0.148 e. The van der Waals surface area contributed by atoms with Gasteiger partial charge in [0, 0.05) is 25.2 Å². The van der Waals surface area contributed by atoms with Crippen molar-refractivity contribution in [1.29, 1.82) is 0 Å². The fraction of sp³-hybridized carbons (Fsp3) is 0.692. The van der Waals surface area contributed by atoms with Crippen LogP contribution in [0.3, 0.4) is 0 Å². The Kier molecular flexibility index (Phi) is 3.54. The van der Waals surface area contributed by atoms with Gasteiger partial charge >= 0.3 is 0 Å². The van der Waals surface area contributed by atoms with Gasteiger partial charge in [0.15, 0.2) is 0 Å². The molecule has 2 atom stereocenters. The number of rotatable bonds is 4. The molecule has 1 aromatic rings. The normalized spacial score (nSPS) is 27.7. The zero-order valence-corrected chi connectivity index (χ0v) is 11.3. The number of Topliss-reactive ketones (excluding diaryl/α,β-unsaturated/α-hetero) is 1. The van der Waals surface area contributed by atoms with Crippen molar-refractivity contribution >= 4 is 5.78 Å². The Bertz CT molecular complexity index is 455. The van der Waals surface area contributed by atoms with Crippen LogP contribution in [0.15, 0.2) is 6.07 Å². The van der Waals surface area contributed by atoms with Crippen LogP contribution in [0.5, 0.6) is 0 Å². The lowest BCUT2D eigenvalue weighted by atomic mass is 9.79. The first-order valence-corrected chi connectivity index (χ1v) is 6.35. The van der Waals surface area contributed by atoms with Crippen LogP contribution in [-0.2, 0) is 29.4 Å². The van der Waals surface area contributed by atoms with Crippen LogP contribution in [0.2, 0.25) is 0 Å². The van der Waals surface area contributed by atoms with Gasteiger partial charge in [-0.2, -0.15) is 5.10 Å². The van der Waals surface area contributed by atoms with Crippen LogP contribution in [0.1, 0.15) is 25.2 Å². The van der Waals surface area contributed by atoms with E-state index in [9.17, 15) is 4.79 Å². The summed E-state index contributed by atoms with van der Waals surface area (Å²) >= 11 is 0. The molecule has 0 bridgehead atoms. The highest BCUT2D eigenvalue weighted by molar-refractivity contribution is 5.87. The zero-order valence-electron chi connectivity index (χ0n) is 11.3. The summed E-state index contributed by atoms with van der Waals surface area (Å²) in [4.78, 5) is 12.4. The van der Waals surface area contributed by atoms with Gasteiger partial charge in [0.2, 0.25) is 0 Å². The Morgan fingerprint density at radius 3 is 2.94 bits per heavy atom. The van der Waals surface area contributed by atoms with E-state index in [0.29, 0.717) is 19.6 Å². The van der Waals surface area contributed by atoms with Gasteiger partial charge in [-0.3, -0.25) is 9.48 Å². The fourth-order valence-electron chi connectivity index (χ4n) is 2.25. The molecule has 5 heteroatoms. The van der Waals surface area contributed by atoms with E-state index in [1.165, 1.54) is 0 Å². The van der Waals surface area contributed by atoms with Gasteiger partial charge in [0.1, 0.15) is 5.78 Å². The lowest BCUT2D eigenvalue weighted by molar-refractivity contribution is -0.127. The quantitative estimate of drug-likeness (QED) is 0.844. The molecule has 1 saturated heterocycles. The van der Waals surface area contributed by atoms with Gasteiger partial charge in [-0.15, -0.1) is 0 Å². The zero-order chi connectivity index (χ0) is 13.3. The molecule has 0 aromatic carbocycles. The molecule has 0 saturated carbocycles. The summed E-state index contributed by atoms with van der Waals surface area (Å²) in [6, 6.07) is 1.78. The maximum atomic E-state index is 12.4. The van der Waals surface area contributed by atoms with Crippen LogP contribution in [0.25, 0.3) is 0 Å². The Morgan fingerprint density at radius 1 is 1.72 bits per heavy atom. The largest absolute Gasteiger partial charge is 0.379 e. The minimum atomic E-state index is -0.559. The third kappa shape index (κ3) is 2.20. The molecule has 100 valence electrons. The van der Waals surface area contributed by atoms with Gasteiger partial charge in [-0.1, -0.05) is 6.92 Å². The highest BCUT2D eigenvalue weighted by atomic mass is 16.5. The van der Waals surface area contributed by atoms with E-state index in [2.05, 4.69) is 12.0 Å². The molecule has 2 heterocycles. The third-order valence-corrected chi connectivity index (χ3v) is 3.89. The second kappa shape index (κ2) is 4.82. The summed E-state index contributed by atoms with van der Waals surface area (Å²) in [6.07, 6.45) is 1.25. The van der Waals surface area contributed by atoms with E-state index in [-0.39, 0.29) is 11.8 Å². The van der Waals surface area contributed by atoms with Gasteiger partial charge in [0.05, 0.1) is 24.3 Å². The first-order valence-electron chi connectivity index (χ1n) is 6.35. The second-order valence-corrected chi connectivity index (χ2v) is 5.24. The predicted molar refractivity (Wildman–Crippen MR) is 68.2 cm³/mol. The van der Waals surface area contributed by atoms with Crippen molar-refractivity contribution in [3.63, 3.8) is 0 Å². The van der Waals surface area contributed by atoms with Crippen LogP contribution >= 0.6 is 0 Å². The molecule has 1 fully saturated rings. The monoisotopic (exact) mass is 251 g/mol. The predicted octanol–water partition coefficient (Wildman–Crippen LogP) is 0.458. The van der Waals surface area contributed by atoms with Gasteiger partial charge in [-0.05, 0) is 19.4 Å². The number of aromatic nitrogens is 2. The number of hydrogen-bond donors (Lipinski definition) is 1. The van der Waals surface area contributed by atoms with E-state index in [1.54, 1.807) is 4.68 Å². The maximum absolute atomic E-state index is 12.4. The van der Waals surface area contributed by atoms with Gasteiger partial charge in [-0.25, -0.2) is 0 Å². The molecule has 0 aliphatic carbocycles. The maximum Gasteiger partial charge on any atom is 0.148 e. The number of ketones is 1. The molecule has 0 spiro atoms. The van der Waals surface area contributed by atoms with Crippen molar-refractivity contribution in [2.24, 2.45) is 18.2 Å². The molecule has 1 aromatic heterocycles. The molecule has 5 nitrogen and oxygen atoms in total. The summed E-state index contributed by atoms with van der Waals surface area (Å²) in [5.41, 5.74) is 7.36. The molecule has 18 heavy (non-hydrogen) atoms. The molecule has 0 radical (unpaired) electrons.